The average molecular weight is 214 g/mol. The zero-order valence-electron chi connectivity index (χ0n) is 10.1. The summed E-state index contributed by atoms with van der Waals surface area (Å²) in [6.45, 7) is 7.51. The highest BCUT2D eigenvalue weighted by molar-refractivity contribution is 4.97. The summed E-state index contributed by atoms with van der Waals surface area (Å²) < 4.78 is 19.2. The van der Waals surface area contributed by atoms with Crippen LogP contribution in [-0.4, -0.2) is 18.9 Å². The molecule has 0 heterocycles. The van der Waals surface area contributed by atoms with Crippen molar-refractivity contribution >= 4 is 0 Å². The SMILES string of the molecule is CC(C)COCC1C=CC[C@](C)(F)CC1. The monoisotopic (exact) mass is 214 g/mol. The summed E-state index contributed by atoms with van der Waals surface area (Å²) >= 11 is 0. The Morgan fingerprint density at radius 2 is 2.27 bits per heavy atom. The van der Waals surface area contributed by atoms with Crippen molar-refractivity contribution in [1.82, 2.24) is 0 Å². The summed E-state index contributed by atoms with van der Waals surface area (Å²) in [6.07, 6.45) is 6.19. The Hall–Kier alpha value is -0.370. The van der Waals surface area contributed by atoms with Gasteiger partial charge in [-0.05, 0) is 32.1 Å². The van der Waals surface area contributed by atoms with Gasteiger partial charge in [0, 0.05) is 12.5 Å². The fraction of sp³-hybridized carbons (Fsp3) is 0.846. The number of hydrogen-bond acceptors (Lipinski definition) is 1. The first kappa shape index (κ1) is 12.7. The summed E-state index contributed by atoms with van der Waals surface area (Å²) in [6, 6.07) is 0. The number of rotatable bonds is 4. The van der Waals surface area contributed by atoms with Crippen LogP contribution in [0.1, 0.15) is 40.0 Å². The molecule has 0 aliphatic heterocycles. The van der Waals surface area contributed by atoms with E-state index >= 15 is 0 Å². The van der Waals surface area contributed by atoms with Gasteiger partial charge >= 0.3 is 0 Å². The number of hydrogen-bond donors (Lipinski definition) is 0. The molecule has 1 aliphatic rings. The second-order valence-electron chi connectivity index (χ2n) is 5.28. The third kappa shape index (κ3) is 5.31. The van der Waals surface area contributed by atoms with Gasteiger partial charge in [0.05, 0.1) is 6.61 Å². The van der Waals surface area contributed by atoms with Gasteiger partial charge in [0.25, 0.3) is 0 Å². The molecule has 0 N–H and O–H groups in total. The first-order valence-electron chi connectivity index (χ1n) is 5.93. The topological polar surface area (TPSA) is 9.23 Å². The molecule has 0 saturated heterocycles. The van der Waals surface area contributed by atoms with Crippen molar-refractivity contribution in [3.63, 3.8) is 0 Å². The molecule has 0 aromatic heterocycles. The Balaban J connectivity index is 2.26. The Kier molecular flexibility index (Phi) is 4.78. The Morgan fingerprint density at radius 1 is 1.53 bits per heavy atom. The van der Waals surface area contributed by atoms with Crippen molar-refractivity contribution in [2.45, 2.75) is 45.7 Å². The van der Waals surface area contributed by atoms with E-state index in [2.05, 4.69) is 19.9 Å². The third-order valence-electron chi connectivity index (χ3n) is 2.77. The van der Waals surface area contributed by atoms with Crippen LogP contribution in [0, 0.1) is 11.8 Å². The molecule has 0 saturated carbocycles. The molecule has 0 aromatic carbocycles. The van der Waals surface area contributed by atoms with Crippen LogP contribution in [0.3, 0.4) is 0 Å². The lowest BCUT2D eigenvalue weighted by atomic mass is 9.97. The normalized spacial score (nSPS) is 31.9. The van der Waals surface area contributed by atoms with Gasteiger partial charge in [-0.1, -0.05) is 26.0 Å². The summed E-state index contributed by atoms with van der Waals surface area (Å²) in [7, 11) is 0. The van der Waals surface area contributed by atoms with E-state index in [1.807, 2.05) is 6.08 Å². The maximum absolute atomic E-state index is 13.7. The van der Waals surface area contributed by atoms with E-state index in [1.165, 1.54) is 0 Å². The Labute approximate surface area is 92.7 Å². The standard InChI is InChI=1S/C13H23FO/c1-11(2)9-15-10-12-5-4-7-13(3,14)8-6-12/h4-5,11-12H,6-10H2,1-3H3/t12?,13-/m0/s1. The van der Waals surface area contributed by atoms with Gasteiger partial charge in [-0.25, -0.2) is 4.39 Å². The van der Waals surface area contributed by atoms with Crippen LogP contribution in [0.4, 0.5) is 4.39 Å². The van der Waals surface area contributed by atoms with Crippen LogP contribution in [-0.2, 0) is 4.74 Å². The van der Waals surface area contributed by atoms with E-state index in [0.717, 1.165) is 19.6 Å². The summed E-state index contributed by atoms with van der Waals surface area (Å²) in [5.41, 5.74) is -1.01. The van der Waals surface area contributed by atoms with Gasteiger partial charge in [-0.2, -0.15) is 0 Å². The fourth-order valence-electron chi connectivity index (χ4n) is 1.78. The predicted octanol–water partition coefficient (Wildman–Crippen LogP) is 3.74. The molecule has 1 rings (SSSR count). The average Bonchev–Trinajstić information content (AvgIpc) is 2.27. The molecular formula is C13H23FO. The van der Waals surface area contributed by atoms with Gasteiger partial charge < -0.3 is 4.74 Å². The van der Waals surface area contributed by atoms with Crippen molar-refractivity contribution in [1.29, 1.82) is 0 Å². The largest absolute Gasteiger partial charge is 0.381 e. The van der Waals surface area contributed by atoms with E-state index in [0.29, 0.717) is 24.7 Å². The van der Waals surface area contributed by atoms with Gasteiger partial charge in [-0.15, -0.1) is 0 Å². The van der Waals surface area contributed by atoms with E-state index in [4.69, 9.17) is 4.74 Å². The minimum atomic E-state index is -1.01. The lowest BCUT2D eigenvalue weighted by molar-refractivity contribution is 0.0833. The zero-order valence-corrected chi connectivity index (χ0v) is 10.1. The molecule has 2 heteroatoms. The summed E-state index contributed by atoms with van der Waals surface area (Å²) in [5, 5.41) is 0. The summed E-state index contributed by atoms with van der Waals surface area (Å²) in [4.78, 5) is 0. The van der Waals surface area contributed by atoms with Crippen LogP contribution in [0.5, 0.6) is 0 Å². The quantitative estimate of drug-likeness (QED) is 0.648. The highest BCUT2D eigenvalue weighted by atomic mass is 19.1. The highest BCUT2D eigenvalue weighted by Crippen LogP contribution is 2.29. The van der Waals surface area contributed by atoms with E-state index < -0.39 is 5.67 Å². The van der Waals surface area contributed by atoms with Gasteiger partial charge in [0.15, 0.2) is 0 Å². The van der Waals surface area contributed by atoms with Crippen molar-refractivity contribution in [3.05, 3.63) is 12.2 Å². The first-order valence-corrected chi connectivity index (χ1v) is 5.93. The molecule has 2 atom stereocenters. The van der Waals surface area contributed by atoms with E-state index in [-0.39, 0.29) is 0 Å². The van der Waals surface area contributed by atoms with E-state index in [9.17, 15) is 4.39 Å². The van der Waals surface area contributed by atoms with Crippen molar-refractivity contribution in [3.8, 4) is 0 Å². The van der Waals surface area contributed by atoms with Crippen LogP contribution in [0.25, 0.3) is 0 Å². The molecule has 1 nitrogen and oxygen atoms in total. The van der Waals surface area contributed by atoms with Gasteiger partial charge in [-0.3, -0.25) is 0 Å². The Morgan fingerprint density at radius 3 is 2.93 bits per heavy atom. The molecule has 0 aromatic rings. The van der Waals surface area contributed by atoms with Gasteiger partial charge in [0.2, 0.25) is 0 Å². The number of allylic oxidation sites excluding steroid dienone is 1. The third-order valence-corrected chi connectivity index (χ3v) is 2.77. The van der Waals surface area contributed by atoms with Crippen LogP contribution in [0.15, 0.2) is 12.2 Å². The number of halogens is 1. The Bertz CT molecular complexity index is 209. The molecular weight excluding hydrogens is 191 g/mol. The molecule has 0 amide bonds. The van der Waals surface area contributed by atoms with Crippen LogP contribution in [0.2, 0.25) is 0 Å². The summed E-state index contributed by atoms with van der Waals surface area (Å²) in [5.74, 6) is 0.979. The minimum absolute atomic E-state index is 0.404. The fourth-order valence-corrected chi connectivity index (χ4v) is 1.78. The predicted molar refractivity (Wildman–Crippen MR) is 61.7 cm³/mol. The molecule has 1 unspecified atom stereocenters. The molecule has 0 bridgehead atoms. The molecule has 0 spiro atoms. The second-order valence-corrected chi connectivity index (χ2v) is 5.28. The second kappa shape index (κ2) is 5.64. The zero-order chi connectivity index (χ0) is 11.3. The number of ether oxygens (including phenoxy) is 1. The van der Waals surface area contributed by atoms with E-state index in [1.54, 1.807) is 6.92 Å². The van der Waals surface area contributed by atoms with Crippen LogP contribution >= 0.6 is 0 Å². The van der Waals surface area contributed by atoms with Crippen molar-refractivity contribution in [2.24, 2.45) is 11.8 Å². The molecule has 1 aliphatic carbocycles. The smallest absolute Gasteiger partial charge is 0.111 e. The van der Waals surface area contributed by atoms with Crippen molar-refractivity contribution in [2.75, 3.05) is 13.2 Å². The van der Waals surface area contributed by atoms with Crippen LogP contribution < -0.4 is 0 Å². The maximum Gasteiger partial charge on any atom is 0.111 e. The van der Waals surface area contributed by atoms with Gasteiger partial charge in [0.1, 0.15) is 5.67 Å². The first-order chi connectivity index (χ1) is 6.99. The molecule has 0 radical (unpaired) electrons. The lowest BCUT2D eigenvalue weighted by Gasteiger charge is -2.18. The highest BCUT2D eigenvalue weighted by Gasteiger charge is 2.25. The minimum Gasteiger partial charge on any atom is -0.381 e. The lowest BCUT2D eigenvalue weighted by Crippen LogP contribution is -2.17. The maximum atomic E-state index is 13.7. The molecule has 15 heavy (non-hydrogen) atoms. The molecule has 0 fully saturated rings. The van der Waals surface area contributed by atoms with Crippen molar-refractivity contribution < 1.29 is 9.13 Å². The molecule has 88 valence electrons. The number of alkyl halides is 1.